The van der Waals surface area contributed by atoms with Crippen LogP contribution in [0.3, 0.4) is 0 Å². The van der Waals surface area contributed by atoms with E-state index < -0.39 is 0 Å². The zero-order valence-electron chi connectivity index (χ0n) is 9.27. The molecule has 0 bridgehead atoms. The van der Waals surface area contributed by atoms with Crippen molar-refractivity contribution < 1.29 is 9.53 Å². The first kappa shape index (κ1) is 14.0. The van der Waals surface area contributed by atoms with Gasteiger partial charge in [-0.3, -0.25) is 4.79 Å². The van der Waals surface area contributed by atoms with Crippen molar-refractivity contribution in [1.29, 1.82) is 0 Å². The van der Waals surface area contributed by atoms with Crippen molar-refractivity contribution in [3.05, 3.63) is 35.9 Å². The summed E-state index contributed by atoms with van der Waals surface area (Å²) in [6, 6.07) is 10.2. The second kappa shape index (κ2) is 9.59. The molecule has 0 N–H and O–H groups in total. The molecular weight excluding hydrogens is 208 g/mol. The molecule has 1 aromatic rings. The fraction of sp³-hybridized carbons (Fsp3) is 0.417. The summed E-state index contributed by atoms with van der Waals surface area (Å²) < 4.78 is 4.55. The highest BCUT2D eigenvalue weighted by molar-refractivity contribution is 7.79. The summed E-state index contributed by atoms with van der Waals surface area (Å²) in [6.07, 6.45) is 0.480. The van der Waals surface area contributed by atoms with E-state index in [1.165, 1.54) is 5.56 Å². The van der Waals surface area contributed by atoms with Gasteiger partial charge in [-0.05, 0) is 12.5 Å². The summed E-state index contributed by atoms with van der Waals surface area (Å²) in [5, 5.41) is 0. The van der Waals surface area contributed by atoms with Gasteiger partial charge in [-0.15, -0.1) is 0 Å². The monoisotopic (exact) mass is 226 g/mol. The van der Waals surface area contributed by atoms with Crippen molar-refractivity contribution in [3.8, 4) is 0 Å². The van der Waals surface area contributed by atoms with Crippen molar-refractivity contribution in [2.45, 2.75) is 26.0 Å². The van der Waals surface area contributed by atoms with Gasteiger partial charge in [0, 0.05) is 12.2 Å². The minimum atomic E-state index is -0.123. The molecule has 0 unspecified atom stereocenters. The van der Waals surface area contributed by atoms with Gasteiger partial charge in [0.1, 0.15) is 0 Å². The summed E-state index contributed by atoms with van der Waals surface area (Å²) in [7, 11) is 0. The van der Waals surface area contributed by atoms with Gasteiger partial charge in [-0.2, -0.15) is 12.6 Å². The molecule has 1 rings (SSSR count). The van der Waals surface area contributed by atoms with Gasteiger partial charge in [-0.1, -0.05) is 37.3 Å². The third-order valence-corrected chi connectivity index (χ3v) is 1.98. The number of carbonyl (C=O) groups excluding carboxylic acids is 1. The Morgan fingerprint density at radius 1 is 1.27 bits per heavy atom. The number of hydrogen-bond acceptors (Lipinski definition) is 3. The first-order chi connectivity index (χ1) is 7.24. The minimum absolute atomic E-state index is 0.123. The smallest absolute Gasteiger partial charge is 0.305 e. The molecule has 2 nitrogen and oxygen atoms in total. The highest BCUT2D eigenvalue weighted by Gasteiger charge is 1.91. The first-order valence-electron chi connectivity index (χ1n) is 5.05. The Hall–Kier alpha value is -0.960. The Kier molecular flexibility index (Phi) is 8.98. The Morgan fingerprint density at radius 3 is 2.13 bits per heavy atom. The topological polar surface area (TPSA) is 26.3 Å². The molecule has 3 heteroatoms. The van der Waals surface area contributed by atoms with Crippen LogP contribution in [0.4, 0.5) is 0 Å². The zero-order chi connectivity index (χ0) is 11.5. The lowest BCUT2D eigenvalue weighted by molar-refractivity contribution is -0.142. The van der Waals surface area contributed by atoms with Crippen LogP contribution in [0.1, 0.15) is 25.8 Å². The Morgan fingerprint density at radius 2 is 1.87 bits per heavy atom. The third-order valence-electron chi connectivity index (χ3n) is 1.62. The van der Waals surface area contributed by atoms with Crippen molar-refractivity contribution in [3.63, 3.8) is 0 Å². The minimum Gasteiger partial charge on any atom is -0.466 e. The van der Waals surface area contributed by atoms with Crippen molar-refractivity contribution in [2.75, 3.05) is 6.61 Å². The predicted molar refractivity (Wildman–Crippen MR) is 66.1 cm³/mol. The molecule has 0 fully saturated rings. The number of thiol groups is 1. The van der Waals surface area contributed by atoms with Crippen LogP contribution < -0.4 is 0 Å². The molecule has 0 spiro atoms. The number of rotatable bonds is 3. The second-order valence-electron chi connectivity index (χ2n) is 2.80. The van der Waals surface area contributed by atoms with E-state index >= 15 is 0 Å². The molecular formula is C12H18O2S. The van der Waals surface area contributed by atoms with Crippen LogP contribution in [0, 0.1) is 0 Å². The second-order valence-corrected chi connectivity index (χ2v) is 3.12. The normalized spacial score (nSPS) is 8.73. The van der Waals surface area contributed by atoms with E-state index in [0.717, 1.165) is 5.75 Å². The average Bonchev–Trinajstić information content (AvgIpc) is 2.31. The molecule has 0 radical (unpaired) electrons. The van der Waals surface area contributed by atoms with Crippen molar-refractivity contribution >= 4 is 18.6 Å². The maximum absolute atomic E-state index is 10.2. The summed E-state index contributed by atoms with van der Waals surface area (Å²) in [5.41, 5.74) is 1.27. The number of ether oxygens (including phenoxy) is 1. The van der Waals surface area contributed by atoms with E-state index in [1.54, 1.807) is 13.8 Å². The van der Waals surface area contributed by atoms with Crippen molar-refractivity contribution in [1.82, 2.24) is 0 Å². The molecule has 84 valence electrons. The molecule has 0 saturated heterocycles. The number of benzene rings is 1. The van der Waals surface area contributed by atoms with E-state index in [2.05, 4.69) is 29.5 Å². The van der Waals surface area contributed by atoms with Crippen LogP contribution in [0.25, 0.3) is 0 Å². The average molecular weight is 226 g/mol. The van der Waals surface area contributed by atoms with Gasteiger partial charge in [0.2, 0.25) is 0 Å². The Labute approximate surface area is 97.1 Å². The highest BCUT2D eigenvalue weighted by Crippen LogP contribution is 2.00. The van der Waals surface area contributed by atoms with E-state index in [4.69, 9.17) is 0 Å². The van der Waals surface area contributed by atoms with E-state index in [9.17, 15) is 4.79 Å². The van der Waals surface area contributed by atoms with Crippen LogP contribution in [-0.2, 0) is 15.3 Å². The maximum atomic E-state index is 10.2. The van der Waals surface area contributed by atoms with Gasteiger partial charge in [-0.25, -0.2) is 0 Å². The van der Waals surface area contributed by atoms with Gasteiger partial charge in [0.05, 0.1) is 6.61 Å². The zero-order valence-corrected chi connectivity index (χ0v) is 10.2. The lowest BCUT2D eigenvalue weighted by atomic mass is 10.2. The van der Waals surface area contributed by atoms with Crippen LogP contribution in [0.5, 0.6) is 0 Å². The fourth-order valence-electron chi connectivity index (χ4n) is 0.846. The summed E-state index contributed by atoms with van der Waals surface area (Å²) in [4.78, 5) is 10.2. The van der Waals surface area contributed by atoms with Crippen LogP contribution >= 0.6 is 12.6 Å². The van der Waals surface area contributed by atoms with Gasteiger partial charge in [0.15, 0.2) is 0 Å². The molecule has 0 aliphatic rings. The van der Waals surface area contributed by atoms with Gasteiger partial charge < -0.3 is 4.74 Å². The molecule has 0 aromatic heterocycles. The van der Waals surface area contributed by atoms with Gasteiger partial charge >= 0.3 is 5.97 Å². The molecule has 0 aliphatic heterocycles. The lowest BCUT2D eigenvalue weighted by Crippen LogP contribution is -2.00. The highest BCUT2D eigenvalue weighted by atomic mass is 32.1. The standard InChI is InChI=1S/C7H8S.C5H10O2/c8-6-7-4-2-1-3-5-7;1-3-5(6)7-4-2/h1-5,8H,6H2;3-4H2,1-2H3. The SMILES string of the molecule is CCOC(=O)CC.SCc1ccccc1. The molecule has 0 saturated carbocycles. The summed E-state index contributed by atoms with van der Waals surface area (Å²) >= 11 is 4.11. The lowest BCUT2D eigenvalue weighted by Gasteiger charge is -1.93. The van der Waals surface area contributed by atoms with E-state index in [0.29, 0.717) is 13.0 Å². The molecule has 0 amide bonds. The molecule has 1 aromatic carbocycles. The number of esters is 1. The van der Waals surface area contributed by atoms with Crippen molar-refractivity contribution in [2.24, 2.45) is 0 Å². The van der Waals surface area contributed by atoms with E-state index in [1.807, 2.05) is 18.2 Å². The van der Waals surface area contributed by atoms with Crippen LogP contribution in [0.2, 0.25) is 0 Å². The quantitative estimate of drug-likeness (QED) is 0.633. The Bertz CT molecular complexity index is 260. The largest absolute Gasteiger partial charge is 0.466 e. The number of hydrogen-bond donors (Lipinski definition) is 1. The molecule has 0 atom stereocenters. The Balaban J connectivity index is 0.000000265. The predicted octanol–water partition coefficient (Wildman–Crippen LogP) is 3.08. The maximum Gasteiger partial charge on any atom is 0.305 e. The number of carbonyl (C=O) groups is 1. The first-order valence-corrected chi connectivity index (χ1v) is 5.68. The fourth-order valence-corrected chi connectivity index (χ4v) is 1.06. The third kappa shape index (κ3) is 8.06. The van der Waals surface area contributed by atoms with Crippen LogP contribution in [-0.4, -0.2) is 12.6 Å². The molecule has 15 heavy (non-hydrogen) atoms. The molecule has 0 heterocycles. The molecule has 0 aliphatic carbocycles. The van der Waals surface area contributed by atoms with Gasteiger partial charge in [0.25, 0.3) is 0 Å². The van der Waals surface area contributed by atoms with E-state index in [-0.39, 0.29) is 5.97 Å². The summed E-state index contributed by atoms with van der Waals surface area (Å²) in [5.74, 6) is 0.711. The van der Waals surface area contributed by atoms with Crippen LogP contribution in [0.15, 0.2) is 30.3 Å². The summed E-state index contributed by atoms with van der Waals surface area (Å²) in [6.45, 7) is 4.07.